The van der Waals surface area contributed by atoms with Crippen LogP contribution in [-0.2, 0) is 0 Å². The molecule has 56 heavy (non-hydrogen) atoms. The zero-order chi connectivity index (χ0) is 39.5. The van der Waals surface area contributed by atoms with Crippen molar-refractivity contribution in [2.45, 2.75) is 65.2 Å². The quantitative estimate of drug-likeness (QED) is 0.0456. The molecule has 0 bridgehead atoms. The van der Waals surface area contributed by atoms with Crippen LogP contribution in [0.15, 0.2) is 121 Å². The minimum Gasteiger partial charge on any atom is -0.494 e. The first kappa shape index (κ1) is 40.8. The summed E-state index contributed by atoms with van der Waals surface area (Å²) in [5, 5.41) is 5.66. The average Bonchev–Trinajstić information content (AvgIpc) is 3.22. The van der Waals surface area contributed by atoms with E-state index >= 15 is 0 Å². The van der Waals surface area contributed by atoms with E-state index < -0.39 is 11.9 Å². The van der Waals surface area contributed by atoms with E-state index in [0.717, 1.165) is 37.2 Å². The molecule has 290 valence electrons. The highest BCUT2D eigenvalue weighted by Gasteiger charge is 2.15. The number of nitrogens with one attached hydrogen (secondary N) is 2. The summed E-state index contributed by atoms with van der Waals surface area (Å²) in [6, 6.07) is 32.7. The Labute approximate surface area is 328 Å². The van der Waals surface area contributed by atoms with Crippen molar-refractivity contribution in [1.82, 2.24) is 0 Å². The number of hydrogen-bond donors (Lipinski definition) is 2. The van der Waals surface area contributed by atoms with Crippen molar-refractivity contribution >= 4 is 35.1 Å². The average molecular weight is 757 g/mol. The Kier molecular flexibility index (Phi) is 15.6. The van der Waals surface area contributed by atoms with Gasteiger partial charge in [-0.1, -0.05) is 58.4 Å². The van der Waals surface area contributed by atoms with Crippen molar-refractivity contribution in [2.75, 3.05) is 23.8 Å². The Bertz CT molecular complexity index is 1880. The predicted octanol–water partition coefficient (Wildman–Crippen LogP) is 10.5. The molecule has 10 nitrogen and oxygen atoms in total. The van der Waals surface area contributed by atoms with Crippen molar-refractivity contribution in [3.05, 3.63) is 144 Å². The lowest BCUT2D eigenvalue weighted by Crippen LogP contribution is -2.13. The second kappa shape index (κ2) is 21.5. The molecule has 0 aliphatic carbocycles. The van der Waals surface area contributed by atoms with Crippen molar-refractivity contribution < 1.29 is 38.1 Å². The van der Waals surface area contributed by atoms with Gasteiger partial charge >= 0.3 is 11.9 Å². The van der Waals surface area contributed by atoms with E-state index in [9.17, 15) is 19.2 Å². The molecule has 0 heterocycles. The van der Waals surface area contributed by atoms with Gasteiger partial charge in [-0.25, -0.2) is 9.59 Å². The minimum absolute atomic E-state index is 0.148. The van der Waals surface area contributed by atoms with Crippen molar-refractivity contribution in [2.24, 2.45) is 0 Å². The Morgan fingerprint density at radius 3 is 1.18 bits per heavy atom. The Balaban J connectivity index is 1.07. The fourth-order valence-electron chi connectivity index (χ4n) is 5.57. The number of carbonyl (C=O) groups is 4. The number of unbranched alkanes of at least 4 members (excludes halogenated alkanes) is 6. The Hall–Kier alpha value is -6.42. The summed E-state index contributed by atoms with van der Waals surface area (Å²) < 4.78 is 22.5. The van der Waals surface area contributed by atoms with Crippen LogP contribution in [0, 0.1) is 0 Å². The van der Waals surface area contributed by atoms with Crippen molar-refractivity contribution in [3.8, 4) is 23.0 Å². The summed E-state index contributed by atoms with van der Waals surface area (Å²) in [6.45, 7) is 5.63. The highest BCUT2D eigenvalue weighted by molar-refractivity contribution is 6.05. The van der Waals surface area contributed by atoms with Gasteiger partial charge in [0.05, 0.1) is 24.3 Å². The molecule has 2 N–H and O–H groups in total. The van der Waals surface area contributed by atoms with Crippen LogP contribution in [0.25, 0.3) is 0 Å². The maximum absolute atomic E-state index is 13.0. The molecule has 10 heteroatoms. The second-order valence-electron chi connectivity index (χ2n) is 13.2. The van der Waals surface area contributed by atoms with Gasteiger partial charge in [0.15, 0.2) is 0 Å². The van der Waals surface area contributed by atoms with Crippen molar-refractivity contribution in [1.29, 1.82) is 0 Å². The Morgan fingerprint density at radius 1 is 0.429 bits per heavy atom. The molecule has 0 unspecified atom stereocenters. The summed E-state index contributed by atoms with van der Waals surface area (Å²) in [5.41, 5.74) is 2.31. The second-order valence-corrected chi connectivity index (χ2v) is 13.2. The van der Waals surface area contributed by atoms with Gasteiger partial charge in [0.1, 0.15) is 23.0 Å². The fraction of sp³-hybridized carbons (Fsp3) is 0.261. The van der Waals surface area contributed by atoms with Gasteiger partial charge < -0.3 is 29.6 Å². The van der Waals surface area contributed by atoms with E-state index in [0.29, 0.717) is 35.7 Å². The van der Waals surface area contributed by atoms with E-state index in [1.165, 1.54) is 43.9 Å². The van der Waals surface area contributed by atoms with Gasteiger partial charge in [-0.15, -0.1) is 0 Å². The van der Waals surface area contributed by atoms with E-state index in [4.69, 9.17) is 18.9 Å². The molecule has 0 aliphatic rings. The number of ether oxygens (including phenoxy) is 4. The molecule has 2 amide bonds. The lowest BCUT2D eigenvalue weighted by molar-refractivity contribution is 0.0733. The van der Waals surface area contributed by atoms with Gasteiger partial charge in [-0.2, -0.15) is 0 Å². The molecular formula is C46H48N2O8. The first-order chi connectivity index (χ1) is 27.3. The number of benzene rings is 5. The Morgan fingerprint density at radius 2 is 0.804 bits per heavy atom. The van der Waals surface area contributed by atoms with E-state index in [1.807, 2.05) is 0 Å². The maximum Gasteiger partial charge on any atom is 0.343 e. The molecule has 5 aromatic carbocycles. The fourth-order valence-corrected chi connectivity index (χ4v) is 5.57. The van der Waals surface area contributed by atoms with Gasteiger partial charge in [0, 0.05) is 22.5 Å². The normalized spacial score (nSPS) is 10.6. The summed E-state index contributed by atoms with van der Waals surface area (Å²) in [7, 11) is 0. The van der Waals surface area contributed by atoms with E-state index in [2.05, 4.69) is 24.5 Å². The molecule has 5 rings (SSSR count). The van der Waals surface area contributed by atoms with Crippen LogP contribution in [0.5, 0.6) is 23.0 Å². The summed E-state index contributed by atoms with van der Waals surface area (Å²) >= 11 is 0. The first-order valence-electron chi connectivity index (χ1n) is 19.1. The van der Waals surface area contributed by atoms with Gasteiger partial charge in [0.25, 0.3) is 11.8 Å². The largest absolute Gasteiger partial charge is 0.494 e. The van der Waals surface area contributed by atoms with Crippen LogP contribution >= 0.6 is 0 Å². The first-order valence-corrected chi connectivity index (χ1v) is 19.1. The number of carbonyl (C=O) groups excluding carboxylic acids is 4. The highest BCUT2D eigenvalue weighted by atomic mass is 16.5. The zero-order valence-corrected chi connectivity index (χ0v) is 31.9. The van der Waals surface area contributed by atoms with Crippen LogP contribution < -0.4 is 29.6 Å². The number of hydrogen-bond acceptors (Lipinski definition) is 8. The van der Waals surface area contributed by atoms with E-state index in [1.54, 1.807) is 103 Å². The summed E-state index contributed by atoms with van der Waals surface area (Å²) in [6.07, 6.45) is 8.98. The van der Waals surface area contributed by atoms with Crippen LogP contribution in [0.1, 0.15) is 107 Å². The van der Waals surface area contributed by atoms with Crippen LogP contribution in [-0.4, -0.2) is 37.0 Å². The predicted molar refractivity (Wildman–Crippen MR) is 217 cm³/mol. The van der Waals surface area contributed by atoms with Crippen LogP contribution in [0.4, 0.5) is 11.4 Å². The SMILES string of the molecule is CCCCCCOc1ccc(C(=O)Nc2ccc(OC(=O)c3cccc(C(=O)Oc4ccc(NC(=O)c5ccc(OCCCCCC)cc5)cc4)c3)cc2)cc1. The summed E-state index contributed by atoms with van der Waals surface area (Å²) in [4.78, 5) is 51.4. The zero-order valence-electron chi connectivity index (χ0n) is 31.9. The van der Waals surface area contributed by atoms with E-state index in [-0.39, 0.29) is 34.4 Å². The van der Waals surface area contributed by atoms with Gasteiger partial charge in [-0.3, -0.25) is 9.59 Å². The number of esters is 2. The third-order valence-electron chi connectivity index (χ3n) is 8.75. The van der Waals surface area contributed by atoms with Crippen molar-refractivity contribution in [3.63, 3.8) is 0 Å². The molecule has 0 spiro atoms. The molecule has 0 saturated heterocycles. The monoisotopic (exact) mass is 756 g/mol. The van der Waals surface area contributed by atoms with Gasteiger partial charge in [-0.05, 0) is 128 Å². The molecule has 0 radical (unpaired) electrons. The molecule has 0 aromatic heterocycles. The lowest BCUT2D eigenvalue weighted by atomic mass is 10.1. The maximum atomic E-state index is 13.0. The number of anilines is 2. The van der Waals surface area contributed by atoms with Crippen LogP contribution in [0.3, 0.4) is 0 Å². The molecule has 0 fully saturated rings. The highest BCUT2D eigenvalue weighted by Crippen LogP contribution is 2.22. The summed E-state index contributed by atoms with van der Waals surface area (Å²) in [5.74, 6) is 0.0390. The standard InChI is InChI=1S/C46H48N2O8/c1-3-5-7-9-30-53-39-22-14-33(15-23-39)43(49)47-37-18-26-41(27-19-37)55-45(51)35-12-11-13-36(32-35)46(52)56-42-28-20-38(21-29-42)48-44(50)34-16-24-40(25-17-34)54-31-10-8-6-4-2/h11-29,32H,3-10,30-31H2,1-2H3,(H,47,49)(H,48,50). The molecule has 5 aromatic rings. The smallest absolute Gasteiger partial charge is 0.343 e. The molecule has 0 aliphatic heterocycles. The van der Waals surface area contributed by atoms with Gasteiger partial charge in [0.2, 0.25) is 0 Å². The lowest BCUT2D eigenvalue weighted by Gasteiger charge is -2.10. The molecular weight excluding hydrogens is 709 g/mol. The molecule has 0 saturated carbocycles. The minimum atomic E-state index is -0.672. The molecule has 0 atom stereocenters. The van der Waals surface area contributed by atoms with Crippen LogP contribution in [0.2, 0.25) is 0 Å². The third kappa shape index (κ3) is 12.9. The third-order valence-corrected chi connectivity index (χ3v) is 8.75. The number of amides is 2. The number of rotatable bonds is 20. The topological polar surface area (TPSA) is 129 Å².